The van der Waals surface area contributed by atoms with Crippen LogP contribution in [0.1, 0.15) is 10.4 Å². The molecule has 0 spiro atoms. The van der Waals surface area contributed by atoms with Crippen molar-refractivity contribution in [1.29, 1.82) is 0 Å². The van der Waals surface area contributed by atoms with Crippen molar-refractivity contribution in [2.75, 3.05) is 11.9 Å². The maximum Gasteiger partial charge on any atom is 0.338 e. The molecule has 1 aromatic carbocycles. The van der Waals surface area contributed by atoms with Gasteiger partial charge in [0.1, 0.15) is 5.03 Å². The molecule has 7 heteroatoms. The highest BCUT2D eigenvalue weighted by atomic mass is 35.5. The van der Waals surface area contributed by atoms with E-state index in [0.717, 1.165) is 11.8 Å². The van der Waals surface area contributed by atoms with E-state index in [9.17, 15) is 9.59 Å². The molecular formula is C14H11ClN2O3S. The number of carbonyl (C=O) groups excluding carboxylic acids is 1. The van der Waals surface area contributed by atoms with Crippen LogP contribution in [0.3, 0.4) is 0 Å². The van der Waals surface area contributed by atoms with E-state index >= 15 is 0 Å². The van der Waals surface area contributed by atoms with E-state index < -0.39 is 5.97 Å². The Balaban J connectivity index is 2.00. The van der Waals surface area contributed by atoms with Crippen LogP contribution in [0.5, 0.6) is 0 Å². The van der Waals surface area contributed by atoms with Gasteiger partial charge in [0, 0.05) is 6.20 Å². The number of nitrogens with one attached hydrogen (secondary N) is 1. The van der Waals surface area contributed by atoms with Gasteiger partial charge in [0.05, 0.1) is 22.8 Å². The molecule has 1 aromatic heterocycles. The minimum absolute atomic E-state index is 0.00796. The van der Waals surface area contributed by atoms with Gasteiger partial charge in [-0.25, -0.2) is 9.78 Å². The van der Waals surface area contributed by atoms with Crippen LogP contribution >= 0.6 is 23.4 Å². The third kappa shape index (κ3) is 4.21. The summed E-state index contributed by atoms with van der Waals surface area (Å²) in [6.07, 6.45) is 1.45. The van der Waals surface area contributed by atoms with Crippen LogP contribution in [0.2, 0.25) is 5.02 Å². The largest absolute Gasteiger partial charge is 0.478 e. The van der Waals surface area contributed by atoms with Crippen molar-refractivity contribution >= 4 is 40.1 Å². The number of benzene rings is 1. The van der Waals surface area contributed by atoms with Crippen LogP contribution in [0.4, 0.5) is 5.69 Å². The maximum atomic E-state index is 11.9. The Hall–Kier alpha value is -2.05. The van der Waals surface area contributed by atoms with Crippen molar-refractivity contribution in [3.8, 4) is 0 Å². The minimum atomic E-state index is -1.11. The van der Waals surface area contributed by atoms with Gasteiger partial charge in [-0.2, -0.15) is 0 Å². The van der Waals surface area contributed by atoms with Gasteiger partial charge in [0.25, 0.3) is 0 Å². The van der Waals surface area contributed by atoms with Crippen LogP contribution in [0.25, 0.3) is 0 Å². The Morgan fingerprint density at radius 3 is 2.71 bits per heavy atom. The second-order valence-electron chi connectivity index (χ2n) is 3.97. The predicted molar refractivity (Wildman–Crippen MR) is 82.0 cm³/mol. The monoisotopic (exact) mass is 322 g/mol. The van der Waals surface area contributed by atoms with E-state index in [-0.39, 0.29) is 22.2 Å². The Morgan fingerprint density at radius 2 is 2.00 bits per heavy atom. The first kappa shape index (κ1) is 15.3. The molecule has 0 aliphatic rings. The van der Waals surface area contributed by atoms with E-state index in [0.29, 0.717) is 10.7 Å². The number of pyridine rings is 1. The number of aromatic nitrogens is 1. The molecule has 0 amide bonds. The summed E-state index contributed by atoms with van der Waals surface area (Å²) in [6, 6.07) is 9.98. The smallest absolute Gasteiger partial charge is 0.338 e. The van der Waals surface area contributed by atoms with Gasteiger partial charge in [-0.3, -0.25) is 4.79 Å². The van der Waals surface area contributed by atoms with Crippen molar-refractivity contribution in [2.24, 2.45) is 0 Å². The number of thioether (sulfide) groups is 1. The zero-order valence-corrected chi connectivity index (χ0v) is 12.3. The van der Waals surface area contributed by atoms with Gasteiger partial charge < -0.3 is 10.4 Å². The van der Waals surface area contributed by atoms with E-state index in [1.807, 2.05) is 0 Å². The molecule has 0 aliphatic heterocycles. The third-order valence-corrected chi connectivity index (χ3v) is 3.73. The summed E-state index contributed by atoms with van der Waals surface area (Å²) in [5.74, 6) is -1.11. The minimum Gasteiger partial charge on any atom is -0.478 e. The predicted octanol–water partition coefficient (Wildman–Crippen LogP) is 3.16. The lowest BCUT2D eigenvalue weighted by Crippen LogP contribution is -2.12. The number of para-hydroxylation sites is 1. The summed E-state index contributed by atoms with van der Waals surface area (Å²) in [6.45, 7) is 0.0179. The molecule has 5 nitrogen and oxygen atoms in total. The molecule has 21 heavy (non-hydrogen) atoms. The zero-order valence-electron chi connectivity index (χ0n) is 10.7. The fraction of sp³-hybridized carbons (Fsp3) is 0.0714. The van der Waals surface area contributed by atoms with Crippen molar-refractivity contribution in [1.82, 2.24) is 4.98 Å². The molecular weight excluding hydrogens is 312 g/mol. The summed E-state index contributed by atoms with van der Waals surface area (Å²) < 4.78 is 0. The van der Waals surface area contributed by atoms with Gasteiger partial charge in [0.2, 0.25) is 5.12 Å². The number of aromatic carboxylic acids is 1. The first-order chi connectivity index (χ1) is 10.1. The van der Waals surface area contributed by atoms with Gasteiger partial charge in [-0.05, 0) is 36.0 Å². The van der Waals surface area contributed by atoms with E-state index in [4.69, 9.17) is 16.7 Å². The van der Waals surface area contributed by atoms with Gasteiger partial charge in [-0.1, -0.05) is 23.7 Å². The van der Waals surface area contributed by atoms with Gasteiger partial charge >= 0.3 is 5.97 Å². The average molecular weight is 323 g/mol. The highest BCUT2D eigenvalue weighted by Gasteiger charge is 2.15. The average Bonchev–Trinajstić information content (AvgIpc) is 2.47. The van der Waals surface area contributed by atoms with Crippen molar-refractivity contribution in [2.45, 2.75) is 5.03 Å². The Kier molecular flexibility index (Phi) is 5.19. The molecule has 2 rings (SSSR count). The van der Waals surface area contributed by atoms with Crippen LogP contribution in [0.15, 0.2) is 47.6 Å². The van der Waals surface area contributed by atoms with Crippen LogP contribution in [-0.4, -0.2) is 27.7 Å². The molecule has 2 N–H and O–H groups in total. The molecule has 1 heterocycles. The number of hydrogen-bond donors (Lipinski definition) is 2. The third-order valence-electron chi connectivity index (χ3n) is 2.51. The lowest BCUT2D eigenvalue weighted by Gasteiger charge is -2.07. The number of rotatable bonds is 5. The summed E-state index contributed by atoms with van der Waals surface area (Å²) in [7, 11) is 0. The summed E-state index contributed by atoms with van der Waals surface area (Å²) in [4.78, 5) is 26.8. The molecule has 0 saturated carbocycles. The second kappa shape index (κ2) is 7.10. The number of nitrogens with zero attached hydrogens (tertiary/aromatic N) is 1. The Bertz CT molecular complexity index is 679. The number of hydrogen-bond acceptors (Lipinski definition) is 5. The molecule has 2 aromatic rings. The number of halogens is 1. The lowest BCUT2D eigenvalue weighted by molar-refractivity contribution is -0.109. The fourth-order valence-electron chi connectivity index (χ4n) is 1.55. The fourth-order valence-corrected chi connectivity index (χ4v) is 2.49. The quantitative estimate of drug-likeness (QED) is 0.823. The molecule has 0 unspecified atom stereocenters. The maximum absolute atomic E-state index is 11.9. The zero-order chi connectivity index (χ0) is 15.2. The van der Waals surface area contributed by atoms with Crippen molar-refractivity contribution in [3.05, 3.63) is 53.2 Å². The number of carbonyl (C=O) groups is 2. The van der Waals surface area contributed by atoms with Gasteiger partial charge in [0.15, 0.2) is 0 Å². The molecule has 0 saturated heterocycles. The highest BCUT2D eigenvalue weighted by Crippen LogP contribution is 2.23. The molecule has 108 valence electrons. The normalized spacial score (nSPS) is 10.1. The molecule has 0 radical (unpaired) electrons. The number of carboxylic acid groups (broad SMARTS) is 1. The Morgan fingerprint density at radius 1 is 1.24 bits per heavy atom. The number of anilines is 1. The van der Waals surface area contributed by atoms with E-state index in [1.165, 1.54) is 18.3 Å². The topological polar surface area (TPSA) is 79.3 Å². The van der Waals surface area contributed by atoms with E-state index in [2.05, 4.69) is 10.3 Å². The lowest BCUT2D eigenvalue weighted by atomic mass is 10.3. The standard InChI is InChI=1S/C14H11ClN2O3S/c15-10-5-1-2-6-11(10)17-8-12(18)21-13-9(14(19)20)4-3-7-16-13/h1-7,17H,8H2,(H,19,20). The number of carboxylic acids is 1. The van der Waals surface area contributed by atoms with Crippen molar-refractivity contribution < 1.29 is 14.7 Å². The molecule has 0 aliphatic carbocycles. The summed E-state index contributed by atoms with van der Waals surface area (Å²) in [5.41, 5.74) is 0.654. The molecule has 0 bridgehead atoms. The van der Waals surface area contributed by atoms with Gasteiger partial charge in [-0.15, -0.1) is 0 Å². The van der Waals surface area contributed by atoms with Crippen molar-refractivity contribution in [3.63, 3.8) is 0 Å². The second-order valence-corrected chi connectivity index (χ2v) is 5.42. The summed E-state index contributed by atoms with van der Waals surface area (Å²) >= 11 is 6.75. The summed E-state index contributed by atoms with van der Waals surface area (Å²) in [5, 5.41) is 12.4. The van der Waals surface area contributed by atoms with E-state index in [1.54, 1.807) is 24.3 Å². The molecule has 0 fully saturated rings. The molecule has 0 atom stereocenters. The first-order valence-electron chi connectivity index (χ1n) is 5.95. The van der Waals surface area contributed by atoms with Crippen LogP contribution in [0, 0.1) is 0 Å². The Labute approximate surface area is 130 Å². The van der Waals surface area contributed by atoms with Crippen LogP contribution < -0.4 is 5.32 Å². The highest BCUT2D eigenvalue weighted by molar-refractivity contribution is 8.13. The first-order valence-corrected chi connectivity index (χ1v) is 7.15. The SMILES string of the molecule is O=C(CNc1ccccc1Cl)Sc1ncccc1C(=O)O. The van der Waals surface area contributed by atoms with Crippen LogP contribution in [-0.2, 0) is 4.79 Å².